The minimum Gasteiger partial charge on any atom is -0.454 e. The molecule has 8 heteroatoms. The molecule has 2 aromatic rings. The molecular formula is C22H30IN5O2. The Morgan fingerprint density at radius 3 is 2.57 bits per heavy atom. The van der Waals surface area contributed by atoms with Crippen molar-refractivity contribution in [2.45, 2.75) is 19.9 Å². The number of nitrogens with zero attached hydrogens (tertiary/aromatic N) is 4. The van der Waals surface area contributed by atoms with E-state index in [-0.39, 0.29) is 24.0 Å². The normalized spacial score (nSPS) is 16.3. The Bertz CT molecular complexity index is 851. The van der Waals surface area contributed by atoms with E-state index in [1.54, 1.807) is 0 Å². The zero-order valence-corrected chi connectivity index (χ0v) is 20.0. The molecule has 1 aromatic carbocycles. The Labute approximate surface area is 195 Å². The standard InChI is InChI=1S/C22H29N5O2.HI/c1-17-3-4-18(14-25-17)7-8-24-22(23-2)27-11-9-26(10-12-27)15-19-5-6-20-21(13-19)29-16-28-20;/h3-6,13-14H,7-12,15-16H2,1-2H3,(H,23,24);1H. The van der Waals surface area contributed by atoms with Crippen molar-refractivity contribution in [3.8, 4) is 11.5 Å². The van der Waals surface area contributed by atoms with E-state index in [4.69, 9.17) is 9.47 Å². The number of guanidine groups is 1. The van der Waals surface area contributed by atoms with Crippen molar-refractivity contribution >= 4 is 29.9 Å². The van der Waals surface area contributed by atoms with Crippen LogP contribution in [-0.4, -0.2) is 67.3 Å². The fourth-order valence-corrected chi connectivity index (χ4v) is 3.71. The Balaban J connectivity index is 0.00000256. The molecule has 0 saturated carbocycles. The van der Waals surface area contributed by atoms with Gasteiger partial charge in [-0.3, -0.25) is 14.9 Å². The number of aliphatic imine (C=N–C) groups is 1. The third-order valence-corrected chi connectivity index (χ3v) is 5.40. The third-order valence-electron chi connectivity index (χ3n) is 5.40. The maximum atomic E-state index is 5.49. The maximum Gasteiger partial charge on any atom is 0.231 e. The van der Waals surface area contributed by atoms with Crippen molar-refractivity contribution in [2.24, 2.45) is 4.99 Å². The van der Waals surface area contributed by atoms with Gasteiger partial charge in [-0.05, 0) is 42.7 Å². The quantitative estimate of drug-likeness (QED) is 0.370. The van der Waals surface area contributed by atoms with Crippen molar-refractivity contribution in [1.29, 1.82) is 0 Å². The molecule has 0 unspecified atom stereocenters. The predicted octanol–water partition coefficient (Wildman–Crippen LogP) is 2.67. The molecule has 3 heterocycles. The summed E-state index contributed by atoms with van der Waals surface area (Å²) in [7, 11) is 1.86. The Hall–Kier alpha value is -2.07. The van der Waals surface area contributed by atoms with Crippen molar-refractivity contribution in [1.82, 2.24) is 20.1 Å². The molecule has 0 atom stereocenters. The number of ether oxygens (including phenoxy) is 2. The maximum absolute atomic E-state index is 5.49. The number of benzene rings is 1. The molecule has 162 valence electrons. The number of aryl methyl sites for hydroxylation is 1. The van der Waals surface area contributed by atoms with Gasteiger partial charge in [0, 0.05) is 58.2 Å². The summed E-state index contributed by atoms with van der Waals surface area (Å²) in [6, 6.07) is 10.4. The van der Waals surface area contributed by atoms with Crippen LogP contribution in [0.15, 0.2) is 41.5 Å². The molecule has 2 aliphatic rings. The summed E-state index contributed by atoms with van der Waals surface area (Å²) in [5.74, 6) is 2.68. The van der Waals surface area contributed by atoms with Crippen molar-refractivity contribution in [2.75, 3.05) is 46.6 Å². The number of fused-ring (bicyclic) bond motifs is 1. The topological polar surface area (TPSA) is 62.2 Å². The van der Waals surface area contributed by atoms with E-state index in [0.717, 1.165) is 68.8 Å². The Kier molecular flexibility index (Phi) is 8.15. The summed E-state index contributed by atoms with van der Waals surface area (Å²) >= 11 is 0. The summed E-state index contributed by atoms with van der Waals surface area (Å²) in [6.07, 6.45) is 2.89. The number of hydrogen-bond acceptors (Lipinski definition) is 5. The van der Waals surface area contributed by atoms with Crippen LogP contribution in [0.25, 0.3) is 0 Å². The highest BCUT2D eigenvalue weighted by Gasteiger charge is 2.20. The highest BCUT2D eigenvalue weighted by Crippen LogP contribution is 2.32. The van der Waals surface area contributed by atoms with E-state index < -0.39 is 0 Å². The number of pyridine rings is 1. The second kappa shape index (κ2) is 10.8. The number of hydrogen-bond donors (Lipinski definition) is 1. The SMILES string of the molecule is CN=C(NCCc1ccc(C)nc1)N1CCN(Cc2ccc3c(c2)OCO3)CC1.I. The van der Waals surface area contributed by atoms with E-state index in [9.17, 15) is 0 Å². The molecule has 0 spiro atoms. The average Bonchev–Trinajstić information content (AvgIpc) is 3.21. The summed E-state index contributed by atoms with van der Waals surface area (Å²) < 4.78 is 10.9. The van der Waals surface area contributed by atoms with E-state index >= 15 is 0 Å². The largest absolute Gasteiger partial charge is 0.454 e. The number of nitrogens with one attached hydrogen (secondary N) is 1. The zero-order chi connectivity index (χ0) is 20.1. The first-order valence-electron chi connectivity index (χ1n) is 10.2. The minimum absolute atomic E-state index is 0. The molecule has 30 heavy (non-hydrogen) atoms. The van der Waals surface area contributed by atoms with E-state index in [2.05, 4.69) is 49.4 Å². The van der Waals surface area contributed by atoms with E-state index in [1.807, 2.05) is 26.2 Å². The van der Waals surface area contributed by atoms with Crippen LogP contribution in [0.1, 0.15) is 16.8 Å². The first kappa shape index (κ1) is 22.6. The third kappa shape index (κ3) is 5.75. The van der Waals surface area contributed by atoms with Crippen molar-refractivity contribution in [3.63, 3.8) is 0 Å². The monoisotopic (exact) mass is 523 g/mol. The molecule has 1 aromatic heterocycles. The molecule has 0 amide bonds. The molecule has 0 aliphatic carbocycles. The molecule has 4 rings (SSSR count). The first-order chi connectivity index (χ1) is 14.2. The van der Waals surface area contributed by atoms with Crippen LogP contribution < -0.4 is 14.8 Å². The molecule has 1 fully saturated rings. The summed E-state index contributed by atoms with van der Waals surface area (Å²) in [5.41, 5.74) is 3.56. The molecule has 7 nitrogen and oxygen atoms in total. The fourth-order valence-electron chi connectivity index (χ4n) is 3.71. The lowest BCUT2D eigenvalue weighted by atomic mass is 10.1. The lowest BCUT2D eigenvalue weighted by molar-refractivity contribution is 0.171. The van der Waals surface area contributed by atoms with Crippen LogP contribution in [0.5, 0.6) is 11.5 Å². The first-order valence-corrected chi connectivity index (χ1v) is 10.2. The van der Waals surface area contributed by atoms with Gasteiger partial charge in [-0.15, -0.1) is 24.0 Å². The van der Waals surface area contributed by atoms with Gasteiger partial charge in [-0.1, -0.05) is 12.1 Å². The number of rotatable bonds is 5. The van der Waals surface area contributed by atoms with Crippen molar-refractivity contribution in [3.05, 3.63) is 53.3 Å². The molecule has 0 bridgehead atoms. The van der Waals surface area contributed by atoms with Crippen molar-refractivity contribution < 1.29 is 9.47 Å². The van der Waals surface area contributed by atoms with Gasteiger partial charge < -0.3 is 19.7 Å². The van der Waals surface area contributed by atoms with Crippen LogP contribution in [0, 0.1) is 6.92 Å². The second-order valence-electron chi connectivity index (χ2n) is 7.48. The van der Waals surface area contributed by atoms with E-state index in [1.165, 1.54) is 11.1 Å². The van der Waals surface area contributed by atoms with E-state index in [0.29, 0.717) is 6.79 Å². The highest BCUT2D eigenvalue weighted by atomic mass is 127. The lowest BCUT2D eigenvalue weighted by Crippen LogP contribution is -2.52. The second-order valence-corrected chi connectivity index (χ2v) is 7.48. The van der Waals surface area contributed by atoms with Crippen LogP contribution in [-0.2, 0) is 13.0 Å². The van der Waals surface area contributed by atoms with Gasteiger partial charge in [-0.2, -0.15) is 0 Å². The van der Waals surface area contributed by atoms with Crippen LogP contribution >= 0.6 is 24.0 Å². The summed E-state index contributed by atoms with van der Waals surface area (Å²) in [5, 5.41) is 3.49. The molecule has 1 saturated heterocycles. The molecule has 1 N–H and O–H groups in total. The van der Waals surface area contributed by atoms with Gasteiger partial charge in [0.2, 0.25) is 6.79 Å². The van der Waals surface area contributed by atoms with Crippen LogP contribution in [0.2, 0.25) is 0 Å². The van der Waals surface area contributed by atoms with Gasteiger partial charge >= 0.3 is 0 Å². The molecule has 0 radical (unpaired) electrons. The number of piperazine rings is 1. The number of aromatic nitrogens is 1. The Morgan fingerprint density at radius 1 is 1.07 bits per heavy atom. The smallest absolute Gasteiger partial charge is 0.231 e. The van der Waals surface area contributed by atoms with Gasteiger partial charge in [0.05, 0.1) is 0 Å². The minimum atomic E-state index is 0. The highest BCUT2D eigenvalue weighted by molar-refractivity contribution is 14.0. The lowest BCUT2D eigenvalue weighted by Gasteiger charge is -2.36. The van der Waals surface area contributed by atoms with Crippen LogP contribution in [0.4, 0.5) is 0 Å². The van der Waals surface area contributed by atoms with Gasteiger partial charge in [0.1, 0.15) is 0 Å². The van der Waals surface area contributed by atoms with Gasteiger partial charge in [0.15, 0.2) is 17.5 Å². The summed E-state index contributed by atoms with van der Waals surface area (Å²) in [6.45, 7) is 8.08. The molecular weight excluding hydrogens is 493 g/mol. The fraction of sp³-hybridized carbons (Fsp3) is 0.455. The van der Waals surface area contributed by atoms with Crippen LogP contribution in [0.3, 0.4) is 0 Å². The van der Waals surface area contributed by atoms with Gasteiger partial charge in [-0.25, -0.2) is 0 Å². The summed E-state index contributed by atoms with van der Waals surface area (Å²) in [4.78, 5) is 13.6. The average molecular weight is 523 g/mol. The van der Waals surface area contributed by atoms with Gasteiger partial charge in [0.25, 0.3) is 0 Å². The zero-order valence-electron chi connectivity index (χ0n) is 17.6. The molecule has 2 aliphatic heterocycles. The number of halogens is 1. The predicted molar refractivity (Wildman–Crippen MR) is 129 cm³/mol. The Morgan fingerprint density at radius 2 is 1.83 bits per heavy atom.